The summed E-state index contributed by atoms with van der Waals surface area (Å²) in [6.45, 7) is 3.44. The highest BCUT2D eigenvalue weighted by atomic mass is 16.6. The monoisotopic (exact) mass is 132 g/mol. The Labute approximate surface area is 54.6 Å². The van der Waals surface area contributed by atoms with E-state index in [9.17, 15) is 4.79 Å². The molecule has 0 fully saturated rings. The Morgan fingerprint density at radius 3 is 2.56 bits per heavy atom. The molecule has 0 unspecified atom stereocenters. The molecule has 0 bridgehead atoms. The summed E-state index contributed by atoms with van der Waals surface area (Å²) in [6.07, 6.45) is 0.808. The zero-order valence-electron chi connectivity index (χ0n) is 5.76. The van der Waals surface area contributed by atoms with Crippen molar-refractivity contribution in [1.82, 2.24) is 0 Å². The molecule has 0 amide bonds. The minimum absolute atomic E-state index is 0.271. The maximum atomic E-state index is 10.2. The SMILES string of the molecule is CC(C)(C=O)COCO. The van der Waals surface area contributed by atoms with Crippen LogP contribution in [-0.4, -0.2) is 24.8 Å². The predicted octanol–water partition coefficient (Wildman–Crippen LogP) is 0.178. The van der Waals surface area contributed by atoms with Gasteiger partial charge in [-0.1, -0.05) is 13.8 Å². The van der Waals surface area contributed by atoms with Crippen molar-refractivity contribution in [2.75, 3.05) is 13.4 Å². The van der Waals surface area contributed by atoms with Gasteiger partial charge >= 0.3 is 0 Å². The van der Waals surface area contributed by atoms with Gasteiger partial charge in [0, 0.05) is 5.41 Å². The number of carbonyl (C=O) groups is 1. The van der Waals surface area contributed by atoms with Gasteiger partial charge in [0.1, 0.15) is 13.1 Å². The van der Waals surface area contributed by atoms with E-state index < -0.39 is 5.41 Å². The van der Waals surface area contributed by atoms with E-state index in [0.29, 0.717) is 0 Å². The molecule has 0 aromatic rings. The fourth-order valence-electron chi connectivity index (χ4n) is 0.343. The van der Waals surface area contributed by atoms with Gasteiger partial charge in [-0.25, -0.2) is 0 Å². The van der Waals surface area contributed by atoms with E-state index >= 15 is 0 Å². The Morgan fingerprint density at radius 1 is 1.67 bits per heavy atom. The molecule has 0 heterocycles. The van der Waals surface area contributed by atoms with Crippen molar-refractivity contribution in [1.29, 1.82) is 0 Å². The molecule has 0 radical (unpaired) electrons. The molecule has 0 saturated carbocycles. The van der Waals surface area contributed by atoms with Crippen LogP contribution in [0.3, 0.4) is 0 Å². The molecule has 9 heavy (non-hydrogen) atoms. The summed E-state index contributed by atoms with van der Waals surface area (Å²) >= 11 is 0. The van der Waals surface area contributed by atoms with E-state index in [-0.39, 0.29) is 13.4 Å². The van der Waals surface area contributed by atoms with E-state index in [1.807, 2.05) is 0 Å². The summed E-state index contributed by atoms with van der Waals surface area (Å²) in [5.74, 6) is 0. The van der Waals surface area contributed by atoms with E-state index in [1.165, 1.54) is 0 Å². The minimum Gasteiger partial charge on any atom is -0.371 e. The molecular formula is C6H12O3. The zero-order chi connectivity index (χ0) is 7.33. The maximum absolute atomic E-state index is 10.2. The molecule has 3 heteroatoms. The van der Waals surface area contributed by atoms with Gasteiger partial charge in [-0.3, -0.25) is 0 Å². The molecule has 1 N–H and O–H groups in total. The highest BCUT2D eigenvalue weighted by molar-refractivity contribution is 5.57. The molecule has 0 aromatic heterocycles. The lowest BCUT2D eigenvalue weighted by Gasteiger charge is -2.14. The molecule has 3 nitrogen and oxygen atoms in total. The molecule has 54 valence electrons. The molecule has 0 rings (SSSR count). The van der Waals surface area contributed by atoms with Crippen molar-refractivity contribution in [3.63, 3.8) is 0 Å². The summed E-state index contributed by atoms with van der Waals surface area (Å²) in [6, 6.07) is 0. The first-order valence-electron chi connectivity index (χ1n) is 2.77. The number of aliphatic hydroxyl groups is 1. The molecule has 0 spiro atoms. The second-order valence-electron chi connectivity index (χ2n) is 2.58. The van der Waals surface area contributed by atoms with Crippen LogP contribution >= 0.6 is 0 Å². The van der Waals surface area contributed by atoms with Gasteiger partial charge in [0.15, 0.2) is 0 Å². The quantitative estimate of drug-likeness (QED) is 0.438. The van der Waals surface area contributed by atoms with Gasteiger partial charge in [0.25, 0.3) is 0 Å². The highest BCUT2D eigenvalue weighted by Gasteiger charge is 2.15. The molecule has 0 atom stereocenters. The summed E-state index contributed by atoms with van der Waals surface area (Å²) in [5, 5.41) is 8.19. The Balaban J connectivity index is 3.45. The summed E-state index contributed by atoms with van der Waals surface area (Å²) in [7, 11) is 0. The lowest BCUT2D eigenvalue weighted by Crippen LogP contribution is -2.20. The number of hydrogen-bond acceptors (Lipinski definition) is 3. The smallest absolute Gasteiger partial charge is 0.143 e. The Bertz CT molecular complexity index is 88.3. The summed E-state index contributed by atoms with van der Waals surface area (Å²) in [4.78, 5) is 10.2. The van der Waals surface area contributed by atoms with Crippen LogP contribution in [0.15, 0.2) is 0 Å². The Morgan fingerprint density at radius 2 is 2.22 bits per heavy atom. The van der Waals surface area contributed by atoms with Crippen LogP contribution in [0.2, 0.25) is 0 Å². The molecule has 0 aromatic carbocycles. The van der Waals surface area contributed by atoms with Crippen LogP contribution in [0.5, 0.6) is 0 Å². The summed E-state index contributed by atoms with van der Waals surface area (Å²) < 4.78 is 4.61. The number of carbonyl (C=O) groups excluding carboxylic acids is 1. The van der Waals surface area contributed by atoms with E-state index in [1.54, 1.807) is 13.8 Å². The molecule has 0 saturated heterocycles. The molecule has 0 aliphatic heterocycles. The van der Waals surface area contributed by atoms with Crippen molar-refractivity contribution in [2.24, 2.45) is 5.41 Å². The normalized spacial score (nSPS) is 11.4. The first-order valence-corrected chi connectivity index (χ1v) is 2.77. The number of ether oxygens (including phenoxy) is 1. The van der Waals surface area contributed by atoms with Crippen molar-refractivity contribution >= 4 is 6.29 Å². The van der Waals surface area contributed by atoms with Crippen LogP contribution in [0.25, 0.3) is 0 Å². The average molecular weight is 132 g/mol. The van der Waals surface area contributed by atoms with Gasteiger partial charge in [0.2, 0.25) is 0 Å². The zero-order valence-corrected chi connectivity index (χ0v) is 5.76. The molecule has 0 aliphatic rings. The molecular weight excluding hydrogens is 120 g/mol. The Hall–Kier alpha value is -0.410. The maximum Gasteiger partial charge on any atom is 0.143 e. The molecule has 0 aliphatic carbocycles. The van der Waals surface area contributed by atoms with E-state index in [0.717, 1.165) is 6.29 Å². The van der Waals surface area contributed by atoms with Crippen LogP contribution in [0.1, 0.15) is 13.8 Å². The lowest BCUT2D eigenvalue weighted by atomic mass is 9.98. The van der Waals surface area contributed by atoms with Crippen LogP contribution in [0.4, 0.5) is 0 Å². The fourth-order valence-corrected chi connectivity index (χ4v) is 0.343. The average Bonchev–Trinajstić information content (AvgIpc) is 1.84. The Kier molecular flexibility index (Phi) is 3.42. The highest BCUT2D eigenvalue weighted by Crippen LogP contribution is 2.09. The number of hydrogen-bond donors (Lipinski definition) is 1. The van der Waals surface area contributed by atoms with Gasteiger partial charge in [0.05, 0.1) is 6.61 Å². The first-order chi connectivity index (χ1) is 4.12. The standard InChI is InChI=1S/C6H12O3/c1-6(2,3-7)4-9-5-8/h3,8H,4-5H2,1-2H3. The number of aliphatic hydroxyl groups excluding tert-OH is 1. The van der Waals surface area contributed by atoms with E-state index in [2.05, 4.69) is 4.74 Å². The second-order valence-corrected chi connectivity index (χ2v) is 2.58. The third-order valence-corrected chi connectivity index (χ3v) is 0.884. The minimum atomic E-state index is -0.470. The number of aldehydes is 1. The van der Waals surface area contributed by atoms with Gasteiger partial charge in [-0.05, 0) is 0 Å². The van der Waals surface area contributed by atoms with Gasteiger partial charge in [-0.2, -0.15) is 0 Å². The van der Waals surface area contributed by atoms with Crippen molar-refractivity contribution < 1.29 is 14.6 Å². The first kappa shape index (κ1) is 8.59. The van der Waals surface area contributed by atoms with Crippen LogP contribution < -0.4 is 0 Å². The van der Waals surface area contributed by atoms with Crippen LogP contribution in [0, 0.1) is 5.41 Å². The van der Waals surface area contributed by atoms with Crippen molar-refractivity contribution in [3.8, 4) is 0 Å². The van der Waals surface area contributed by atoms with E-state index in [4.69, 9.17) is 5.11 Å². The third-order valence-electron chi connectivity index (χ3n) is 0.884. The number of rotatable bonds is 4. The third kappa shape index (κ3) is 4.12. The van der Waals surface area contributed by atoms with Crippen molar-refractivity contribution in [2.45, 2.75) is 13.8 Å². The summed E-state index contributed by atoms with van der Waals surface area (Å²) in [5.41, 5.74) is -0.470. The largest absolute Gasteiger partial charge is 0.371 e. The van der Waals surface area contributed by atoms with Crippen LogP contribution in [-0.2, 0) is 9.53 Å². The van der Waals surface area contributed by atoms with Crippen molar-refractivity contribution in [3.05, 3.63) is 0 Å². The topological polar surface area (TPSA) is 46.5 Å². The fraction of sp³-hybridized carbons (Fsp3) is 0.833. The lowest BCUT2D eigenvalue weighted by molar-refractivity contribution is -0.120. The van der Waals surface area contributed by atoms with Gasteiger partial charge in [-0.15, -0.1) is 0 Å². The van der Waals surface area contributed by atoms with Gasteiger partial charge < -0.3 is 14.6 Å². The second kappa shape index (κ2) is 3.58. The predicted molar refractivity (Wildman–Crippen MR) is 32.9 cm³/mol.